The van der Waals surface area contributed by atoms with E-state index in [9.17, 15) is 0 Å². The molecule has 0 saturated carbocycles. The SMILES string of the molecule is CN=C(NCC(C(C)C)N1CCN(C)CC1)N1CCN(c2ccccc2OC)CC1.I. The Labute approximate surface area is 205 Å². The smallest absolute Gasteiger partial charge is 0.193 e. The lowest BCUT2D eigenvalue weighted by Crippen LogP contribution is -2.57. The Morgan fingerprint density at radius 1 is 1.03 bits per heavy atom. The molecular formula is C23H41IN6O. The van der Waals surface area contributed by atoms with Gasteiger partial charge in [0.1, 0.15) is 5.75 Å². The Morgan fingerprint density at radius 2 is 1.68 bits per heavy atom. The van der Waals surface area contributed by atoms with Crippen LogP contribution in [0, 0.1) is 5.92 Å². The number of guanidine groups is 1. The fraction of sp³-hybridized carbons (Fsp3) is 0.696. The number of para-hydroxylation sites is 2. The summed E-state index contributed by atoms with van der Waals surface area (Å²) < 4.78 is 5.55. The molecule has 7 nitrogen and oxygen atoms in total. The second kappa shape index (κ2) is 12.7. The van der Waals surface area contributed by atoms with Crippen molar-refractivity contribution in [3.8, 4) is 5.75 Å². The number of anilines is 1. The van der Waals surface area contributed by atoms with E-state index in [-0.39, 0.29) is 24.0 Å². The van der Waals surface area contributed by atoms with Gasteiger partial charge in [-0.25, -0.2) is 0 Å². The molecule has 1 aromatic rings. The van der Waals surface area contributed by atoms with Crippen LogP contribution in [0.2, 0.25) is 0 Å². The predicted molar refractivity (Wildman–Crippen MR) is 141 cm³/mol. The maximum Gasteiger partial charge on any atom is 0.193 e. The molecule has 31 heavy (non-hydrogen) atoms. The third kappa shape index (κ3) is 6.86. The van der Waals surface area contributed by atoms with Crippen LogP contribution >= 0.6 is 24.0 Å². The van der Waals surface area contributed by atoms with Gasteiger partial charge in [0.25, 0.3) is 0 Å². The first-order chi connectivity index (χ1) is 14.5. The molecule has 1 aromatic carbocycles. The lowest BCUT2D eigenvalue weighted by molar-refractivity contribution is 0.0896. The molecule has 2 aliphatic rings. The molecule has 0 amide bonds. The molecule has 2 saturated heterocycles. The minimum absolute atomic E-state index is 0. The fourth-order valence-corrected chi connectivity index (χ4v) is 4.52. The maximum atomic E-state index is 5.55. The zero-order valence-corrected chi connectivity index (χ0v) is 22.2. The van der Waals surface area contributed by atoms with Crippen molar-refractivity contribution >= 4 is 35.6 Å². The van der Waals surface area contributed by atoms with E-state index in [1.807, 2.05) is 19.2 Å². The van der Waals surface area contributed by atoms with Crippen molar-refractivity contribution in [3.05, 3.63) is 24.3 Å². The van der Waals surface area contributed by atoms with Crippen LogP contribution in [0.4, 0.5) is 5.69 Å². The highest BCUT2D eigenvalue weighted by Crippen LogP contribution is 2.28. The van der Waals surface area contributed by atoms with Gasteiger partial charge in [-0.2, -0.15) is 0 Å². The van der Waals surface area contributed by atoms with Gasteiger partial charge >= 0.3 is 0 Å². The first-order valence-electron chi connectivity index (χ1n) is 11.3. The molecule has 2 heterocycles. The molecule has 1 N–H and O–H groups in total. The van der Waals surface area contributed by atoms with Gasteiger partial charge in [-0.15, -0.1) is 24.0 Å². The summed E-state index contributed by atoms with van der Waals surface area (Å²) in [6, 6.07) is 8.81. The molecular weight excluding hydrogens is 503 g/mol. The van der Waals surface area contributed by atoms with Crippen LogP contribution in [0.5, 0.6) is 5.75 Å². The van der Waals surface area contributed by atoms with E-state index >= 15 is 0 Å². The number of likely N-dealkylation sites (N-methyl/N-ethyl adjacent to an activating group) is 1. The average molecular weight is 545 g/mol. The van der Waals surface area contributed by atoms with Crippen molar-refractivity contribution < 1.29 is 4.74 Å². The van der Waals surface area contributed by atoms with Crippen LogP contribution in [0.25, 0.3) is 0 Å². The van der Waals surface area contributed by atoms with E-state index in [4.69, 9.17) is 4.74 Å². The Morgan fingerprint density at radius 3 is 2.26 bits per heavy atom. The third-order valence-electron chi connectivity index (χ3n) is 6.46. The zero-order valence-electron chi connectivity index (χ0n) is 19.9. The van der Waals surface area contributed by atoms with Crippen molar-refractivity contribution in [2.75, 3.05) is 85.0 Å². The average Bonchev–Trinajstić information content (AvgIpc) is 2.77. The topological polar surface area (TPSA) is 46.6 Å². The van der Waals surface area contributed by atoms with Crippen LogP contribution < -0.4 is 15.0 Å². The van der Waals surface area contributed by atoms with E-state index in [2.05, 4.69) is 62.9 Å². The summed E-state index contributed by atoms with van der Waals surface area (Å²) in [6.07, 6.45) is 0. The van der Waals surface area contributed by atoms with E-state index in [0.29, 0.717) is 12.0 Å². The van der Waals surface area contributed by atoms with Gasteiger partial charge in [0.2, 0.25) is 0 Å². The first-order valence-corrected chi connectivity index (χ1v) is 11.3. The van der Waals surface area contributed by atoms with Crippen molar-refractivity contribution in [2.24, 2.45) is 10.9 Å². The summed E-state index contributed by atoms with van der Waals surface area (Å²) in [4.78, 5) is 14.4. The number of hydrogen-bond donors (Lipinski definition) is 1. The maximum absolute atomic E-state index is 5.55. The Bertz CT molecular complexity index is 684. The molecule has 0 aliphatic carbocycles. The highest BCUT2D eigenvalue weighted by Gasteiger charge is 2.27. The van der Waals surface area contributed by atoms with Crippen molar-refractivity contribution in [1.29, 1.82) is 0 Å². The lowest BCUT2D eigenvalue weighted by atomic mass is 10.0. The molecule has 8 heteroatoms. The summed E-state index contributed by atoms with van der Waals surface area (Å²) in [7, 11) is 5.86. The van der Waals surface area contributed by atoms with Gasteiger partial charge in [0, 0.05) is 72.0 Å². The Kier molecular flexibility index (Phi) is 10.6. The number of nitrogens with zero attached hydrogens (tertiary/aromatic N) is 5. The van der Waals surface area contributed by atoms with Crippen LogP contribution in [-0.4, -0.2) is 107 Å². The highest BCUT2D eigenvalue weighted by atomic mass is 127. The number of methoxy groups -OCH3 is 1. The van der Waals surface area contributed by atoms with Crippen LogP contribution in [0.15, 0.2) is 29.3 Å². The van der Waals surface area contributed by atoms with Crippen LogP contribution in [0.1, 0.15) is 13.8 Å². The van der Waals surface area contributed by atoms with Crippen LogP contribution in [0.3, 0.4) is 0 Å². The van der Waals surface area contributed by atoms with E-state index in [1.54, 1.807) is 7.11 Å². The largest absolute Gasteiger partial charge is 0.495 e. The third-order valence-corrected chi connectivity index (χ3v) is 6.46. The second-order valence-electron chi connectivity index (χ2n) is 8.72. The van der Waals surface area contributed by atoms with E-state index < -0.39 is 0 Å². The molecule has 1 atom stereocenters. The lowest BCUT2D eigenvalue weighted by Gasteiger charge is -2.41. The van der Waals surface area contributed by atoms with Gasteiger partial charge in [-0.3, -0.25) is 9.89 Å². The summed E-state index contributed by atoms with van der Waals surface area (Å²) in [5, 5.41) is 3.68. The second-order valence-corrected chi connectivity index (χ2v) is 8.72. The summed E-state index contributed by atoms with van der Waals surface area (Å²) >= 11 is 0. The minimum atomic E-state index is 0. The molecule has 2 aliphatic heterocycles. The minimum Gasteiger partial charge on any atom is -0.495 e. The molecule has 3 rings (SSSR count). The fourth-order valence-electron chi connectivity index (χ4n) is 4.52. The number of nitrogens with one attached hydrogen (secondary N) is 1. The zero-order chi connectivity index (χ0) is 21.5. The van der Waals surface area contributed by atoms with Gasteiger partial charge in [0.15, 0.2) is 5.96 Å². The molecule has 1 unspecified atom stereocenters. The van der Waals surface area contributed by atoms with Crippen molar-refractivity contribution in [3.63, 3.8) is 0 Å². The van der Waals surface area contributed by atoms with E-state index in [0.717, 1.165) is 70.6 Å². The number of benzene rings is 1. The quantitative estimate of drug-likeness (QED) is 0.337. The molecule has 0 bridgehead atoms. The van der Waals surface area contributed by atoms with Gasteiger partial charge in [-0.1, -0.05) is 26.0 Å². The number of aliphatic imine (C=N–C) groups is 1. The standard InChI is InChI=1S/C23H40N6O.HI/c1-19(2)21(28-12-10-26(4)11-13-28)18-25-23(24-3)29-16-14-27(15-17-29)20-8-6-7-9-22(20)30-5;/h6-9,19,21H,10-18H2,1-5H3,(H,24,25);1H. The Hall–Kier alpha value is -1.26. The number of hydrogen-bond acceptors (Lipinski definition) is 5. The Balaban J connectivity index is 0.00000341. The molecule has 0 radical (unpaired) electrons. The van der Waals surface area contributed by atoms with Gasteiger partial charge in [-0.05, 0) is 25.1 Å². The monoisotopic (exact) mass is 544 g/mol. The summed E-state index contributed by atoms with van der Waals surface area (Å²) in [5.74, 6) is 2.58. The van der Waals surface area contributed by atoms with E-state index in [1.165, 1.54) is 5.69 Å². The summed E-state index contributed by atoms with van der Waals surface area (Å²) in [5.41, 5.74) is 1.18. The molecule has 0 aromatic heterocycles. The normalized spacial score (nSPS) is 19.9. The van der Waals surface area contributed by atoms with Crippen molar-refractivity contribution in [1.82, 2.24) is 20.0 Å². The van der Waals surface area contributed by atoms with Gasteiger partial charge < -0.3 is 24.8 Å². The number of ether oxygens (including phenoxy) is 1. The number of rotatable bonds is 6. The summed E-state index contributed by atoms with van der Waals surface area (Å²) in [6.45, 7) is 14.1. The molecule has 2 fully saturated rings. The first kappa shape index (κ1) is 26.0. The predicted octanol–water partition coefficient (Wildman–Crippen LogP) is 2.28. The number of piperazine rings is 2. The number of halogens is 1. The van der Waals surface area contributed by atoms with Crippen LogP contribution in [-0.2, 0) is 0 Å². The van der Waals surface area contributed by atoms with Crippen molar-refractivity contribution in [2.45, 2.75) is 19.9 Å². The highest BCUT2D eigenvalue weighted by molar-refractivity contribution is 14.0. The molecule has 0 spiro atoms. The molecule has 176 valence electrons. The van der Waals surface area contributed by atoms with Gasteiger partial charge in [0.05, 0.1) is 12.8 Å².